The standard InChI is InChI=1S/C19H20N4O4/c1-21-19(25)23-14(9-24)6-12-7-16-17(27-10-26-16)8-15(12)18(22-23)11-2-4-13(20)5-3-11/h2-5,7-8,14,24H,6,9-10,20H2,1H3,(H,21,25). The molecule has 2 aromatic carbocycles. The van der Waals surface area contributed by atoms with Crippen molar-refractivity contribution in [3.05, 3.63) is 53.1 Å². The van der Waals surface area contributed by atoms with Crippen LogP contribution >= 0.6 is 0 Å². The number of hydrogen-bond acceptors (Lipinski definition) is 6. The van der Waals surface area contributed by atoms with Gasteiger partial charge in [-0.2, -0.15) is 5.10 Å². The normalized spacial score (nSPS) is 17.8. The molecule has 8 nitrogen and oxygen atoms in total. The number of urea groups is 1. The van der Waals surface area contributed by atoms with Gasteiger partial charge >= 0.3 is 6.03 Å². The van der Waals surface area contributed by atoms with Crippen molar-refractivity contribution in [1.29, 1.82) is 0 Å². The molecule has 2 amide bonds. The number of aliphatic hydroxyl groups excluding tert-OH is 1. The molecule has 27 heavy (non-hydrogen) atoms. The number of amides is 2. The maximum absolute atomic E-state index is 12.4. The third-order valence-electron chi connectivity index (χ3n) is 4.68. The van der Waals surface area contributed by atoms with Crippen LogP contribution in [0.2, 0.25) is 0 Å². The van der Waals surface area contributed by atoms with Gasteiger partial charge in [0.25, 0.3) is 0 Å². The van der Waals surface area contributed by atoms with Gasteiger partial charge in [-0.15, -0.1) is 0 Å². The summed E-state index contributed by atoms with van der Waals surface area (Å²) in [6, 6.07) is 10.1. The summed E-state index contributed by atoms with van der Waals surface area (Å²) in [6.07, 6.45) is 0.428. The van der Waals surface area contributed by atoms with Crippen molar-refractivity contribution in [2.24, 2.45) is 5.10 Å². The topological polar surface area (TPSA) is 109 Å². The first-order valence-electron chi connectivity index (χ1n) is 8.60. The Kier molecular flexibility index (Phi) is 4.33. The van der Waals surface area contributed by atoms with Gasteiger partial charge in [-0.25, -0.2) is 9.80 Å². The van der Waals surface area contributed by atoms with Gasteiger partial charge in [0.1, 0.15) is 0 Å². The van der Waals surface area contributed by atoms with Crippen LogP contribution in [-0.2, 0) is 6.42 Å². The van der Waals surface area contributed by atoms with E-state index < -0.39 is 12.1 Å². The number of nitrogens with zero attached hydrogens (tertiary/aromatic N) is 2. The van der Waals surface area contributed by atoms with Crippen molar-refractivity contribution in [2.75, 3.05) is 26.2 Å². The zero-order valence-corrected chi connectivity index (χ0v) is 14.8. The Hall–Kier alpha value is -3.26. The highest BCUT2D eigenvalue weighted by atomic mass is 16.7. The molecule has 0 aromatic heterocycles. The summed E-state index contributed by atoms with van der Waals surface area (Å²) in [6.45, 7) is -0.0554. The van der Waals surface area contributed by atoms with Crippen LogP contribution in [-0.4, -0.2) is 48.3 Å². The molecule has 140 valence electrons. The largest absolute Gasteiger partial charge is 0.454 e. The molecule has 0 saturated heterocycles. The minimum absolute atomic E-state index is 0.167. The molecule has 0 spiro atoms. The molecule has 4 N–H and O–H groups in total. The van der Waals surface area contributed by atoms with Gasteiger partial charge in [-0.1, -0.05) is 12.1 Å². The van der Waals surface area contributed by atoms with E-state index in [1.165, 1.54) is 12.1 Å². The Balaban J connectivity index is 1.91. The summed E-state index contributed by atoms with van der Waals surface area (Å²) < 4.78 is 11.0. The lowest BCUT2D eigenvalue weighted by Gasteiger charge is -2.24. The summed E-state index contributed by atoms with van der Waals surface area (Å²) in [7, 11) is 1.53. The average molecular weight is 368 g/mol. The van der Waals surface area contributed by atoms with Crippen LogP contribution in [0.5, 0.6) is 11.5 Å². The summed E-state index contributed by atoms with van der Waals surface area (Å²) in [4.78, 5) is 12.4. The Morgan fingerprint density at radius 2 is 2.00 bits per heavy atom. The smallest absolute Gasteiger partial charge is 0.337 e. The third-order valence-corrected chi connectivity index (χ3v) is 4.68. The lowest BCUT2D eigenvalue weighted by Crippen LogP contribution is -2.44. The minimum Gasteiger partial charge on any atom is -0.454 e. The number of nitrogens with one attached hydrogen (secondary N) is 1. The van der Waals surface area contributed by atoms with Crippen LogP contribution in [0.25, 0.3) is 0 Å². The van der Waals surface area contributed by atoms with Crippen molar-refractivity contribution in [3.8, 4) is 11.5 Å². The van der Waals surface area contributed by atoms with E-state index in [-0.39, 0.29) is 13.4 Å². The Morgan fingerprint density at radius 3 is 2.67 bits per heavy atom. The molecule has 2 aliphatic rings. The highest BCUT2D eigenvalue weighted by Crippen LogP contribution is 2.37. The highest BCUT2D eigenvalue weighted by molar-refractivity contribution is 6.14. The van der Waals surface area contributed by atoms with E-state index in [0.29, 0.717) is 29.3 Å². The number of fused-ring (bicyclic) bond motifs is 2. The molecular weight excluding hydrogens is 348 g/mol. The van der Waals surface area contributed by atoms with Gasteiger partial charge < -0.3 is 25.6 Å². The van der Waals surface area contributed by atoms with Crippen molar-refractivity contribution in [3.63, 3.8) is 0 Å². The quantitative estimate of drug-likeness (QED) is 0.693. The van der Waals surface area contributed by atoms with E-state index in [9.17, 15) is 9.90 Å². The Labute approximate surface area is 156 Å². The molecule has 0 fully saturated rings. The van der Waals surface area contributed by atoms with E-state index in [1.807, 2.05) is 24.3 Å². The predicted octanol–water partition coefficient (Wildman–Crippen LogP) is 1.31. The van der Waals surface area contributed by atoms with Crippen LogP contribution in [0, 0.1) is 0 Å². The first-order valence-corrected chi connectivity index (χ1v) is 8.60. The number of hydrazone groups is 1. The van der Waals surface area contributed by atoms with Gasteiger partial charge in [0, 0.05) is 23.9 Å². The average Bonchev–Trinajstić information content (AvgIpc) is 3.08. The van der Waals surface area contributed by atoms with Crippen molar-refractivity contribution < 1.29 is 19.4 Å². The predicted molar refractivity (Wildman–Crippen MR) is 99.9 cm³/mol. The number of hydrogen-bond donors (Lipinski definition) is 3. The fourth-order valence-corrected chi connectivity index (χ4v) is 3.28. The molecular formula is C19H20N4O4. The summed E-state index contributed by atoms with van der Waals surface area (Å²) in [5.41, 5.74) is 9.59. The zero-order valence-electron chi connectivity index (χ0n) is 14.8. The van der Waals surface area contributed by atoms with Gasteiger partial charge in [-0.05, 0) is 36.2 Å². The summed E-state index contributed by atoms with van der Waals surface area (Å²) in [5.74, 6) is 1.28. The first-order chi connectivity index (χ1) is 13.1. The number of aliphatic hydroxyl groups is 1. The maximum Gasteiger partial charge on any atom is 0.337 e. The lowest BCUT2D eigenvalue weighted by molar-refractivity contribution is 0.137. The third kappa shape index (κ3) is 3.04. The van der Waals surface area contributed by atoms with E-state index in [2.05, 4.69) is 10.4 Å². The summed E-state index contributed by atoms with van der Waals surface area (Å²) in [5, 5.41) is 18.4. The van der Waals surface area contributed by atoms with Crippen molar-refractivity contribution >= 4 is 17.4 Å². The number of benzene rings is 2. The molecule has 4 rings (SSSR count). The fourth-order valence-electron chi connectivity index (χ4n) is 3.28. The Bertz CT molecular complexity index is 911. The van der Waals surface area contributed by atoms with Crippen LogP contribution < -0.4 is 20.5 Å². The molecule has 0 bridgehead atoms. The molecule has 2 aromatic rings. The van der Waals surface area contributed by atoms with E-state index in [0.717, 1.165) is 16.7 Å². The first kappa shape index (κ1) is 17.2. The SMILES string of the molecule is CNC(=O)N1N=C(c2ccc(N)cc2)c2cc3c(cc2CC1CO)OCO3. The lowest BCUT2D eigenvalue weighted by atomic mass is 9.94. The molecule has 1 atom stereocenters. The van der Waals surface area contributed by atoms with Gasteiger partial charge in [0.05, 0.1) is 18.4 Å². The van der Waals surface area contributed by atoms with E-state index in [4.69, 9.17) is 15.2 Å². The minimum atomic E-state index is -0.504. The van der Waals surface area contributed by atoms with Gasteiger partial charge in [0.2, 0.25) is 6.79 Å². The number of carbonyl (C=O) groups is 1. The van der Waals surface area contributed by atoms with Crippen LogP contribution in [0.4, 0.5) is 10.5 Å². The Morgan fingerprint density at radius 1 is 1.30 bits per heavy atom. The molecule has 8 heteroatoms. The summed E-state index contributed by atoms with van der Waals surface area (Å²) >= 11 is 0. The van der Waals surface area contributed by atoms with E-state index in [1.54, 1.807) is 12.1 Å². The highest BCUT2D eigenvalue weighted by Gasteiger charge is 2.31. The second-order valence-electron chi connectivity index (χ2n) is 6.37. The number of carbonyl (C=O) groups excluding carboxylic acids is 1. The molecule has 2 aliphatic heterocycles. The number of nitrogens with two attached hydrogens (primary N) is 1. The van der Waals surface area contributed by atoms with Crippen molar-refractivity contribution in [1.82, 2.24) is 10.3 Å². The van der Waals surface area contributed by atoms with E-state index >= 15 is 0 Å². The van der Waals surface area contributed by atoms with Crippen LogP contribution in [0.3, 0.4) is 0 Å². The fraction of sp³-hybridized carbons (Fsp3) is 0.263. The molecule has 2 heterocycles. The molecule has 0 saturated carbocycles. The van der Waals surface area contributed by atoms with Gasteiger partial charge in [0.15, 0.2) is 11.5 Å². The number of rotatable bonds is 2. The second kappa shape index (κ2) is 6.81. The number of ether oxygens (including phenoxy) is 2. The second-order valence-corrected chi connectivity index (χ2v) is 6.37. The maximum atomic E-state index is 12.4. The van der Waals surface area contributed by atoms with Crippen LogP contribution in [0.1, 0.15) is 16.7 Å². The molecule has 0 radical (unpaired) electrons. The molecule has 1 unspecified atom stereocenters. The number of nitrogen functional groups attached to an aromatic ring is 1. The monoisotopic (exact) mass is 368 g/mol. The molecule has 0 aliphatic carbocycles. The zero-order chi connectivity index (χ0) is 19.0. The van der Waals surface area contributed by atoms with Gasteiger partial charge in [-0.3, -0.25) is 0 Å². The number of anilines is 1. The van der Waals surface area contributed by atoms with Crippen LogP contribution in [0.15, 0.2) is 41.5 Å². The van der Waals surface area contributed by atoms with Crippen molar-refractivity contribution in [2.45, 2.75) is 12.5 Å².